The van der Waals surface area contributed by atoms with Crippen LogP contribution < -0.4 is 15.4 Å². The van der Waals surface area contributed by atoms with Crippen molar-refractivity contribution in [1.29, 1.82) is 0 Å². The first kappa shape index (κ1) is 29.7. The number of allylic oxidation sites excluding steroid dienone is 1. The molecule has 5 nitrogen and oxygen atoms in total. The van der Waals surface area contributed by atoms with Gasteiger partial charge in [-0.1, -0.05) is 91.6 Å². The van der Waals surface area contributed by atoms with Gasteiger partial charge in [-0.25, -0.2) is 4.67 Å². The summed E-state index contributed by atoms with van der Waals surface area (Å²) in [6.07, 6.45) is 9.09. The molecule has 2 unspecified atom stereocenters. The van der Waals surface area contributed by atoms with Crippen LogP contribution in [0.5, 0.6) is 0 Å². The maximum absolute atomic E-state index is 5.43. The lowest BCUT2D eigenvalue weighted by Gasteiger charge is -2.24. The van der Waals surface area contributed by atoms with E-state index in [2.05, 4.69) is 156 Å². The Hall–Kier alpha value is -5.96. The Bertz CT molecular complexity index is 3030. The van der Waals surface area contributed by atoms with Gasteiger partial charge in [-0.15, -0.1) is 5.73 Å². The Labute approximate surface area is 301 Å². The number of nitrogens with zero attached hydrogens (tertiary/aromatic N) is 5. The summed E-state index contributed by atoms with van der Waals surface area (Å²) in [5.74, 6) is 1.52. The SMILES string of the molecule is CC1CC=C=C1c1cccc2c1=[N+]=C(n1c3ccccc3c3c4ccccc4c4c5c(n(-c6ccccc6)c4c31)CC(C)C(C1=CCN(C)C1)=C5)N=2. The number of para-hydroxylation sites is 3. The van der Waals surface area contributed by atoms with Gasteiger partial charge in [-0.2, -0.15) is 4.57 Å². The van der Waals surface area contributed by atoms with E-state index in [-0.39, 0.29) is 0 Å². The highest BCUT2D eigenvalue weighted by Gasteiger charge is 2.35. The second-order valence-electron chi connectivity index (χ2n) is 15.1. The molecule has 250 valence electrons. The molecule has 11 rings (SSSR count). The predicted octanol–water partition coefficient (Wildman–Crippen LogP) is 8.14. The van der Waals surface area contributed by atoms with Gasteiger partial charge in [0.15, 0.2) is 5.36 Å². The molecule has 0 bridgehead atoms. The standard InChI is InChI=1S/C47H38N5/c1-28-13-11-19-32(28)35-20-12-21-39-44(35)49-47(48-39)52-40-22-10-9-18-36(40)42-33-16-7-8-17-34(33)43-38-26-37(30-23-24-50(3)27-30)29(2)25-41(38)51(45(43)46(42)52)31-14-5-4-6-15-31/h4-12,14-18,20-23,26,28-29H,13,24-25,27H2,1-3H3/q+1. The van der Waals surface area contributed by atoms with Crippen LogP contribution in [-0.2, 0) is 6.42 Å². The van der Waals surface area contributed by atoms with Crippen molar-refractivity contribution in [3.63, 3.8) is 0 Å². The summed E-state index contributed by atoms with van der Waals surface area (Å²) in [4.78, 5) is 7.74. The monoisotopic (exact) mass is 672 g/mol. The van der Waals surface area contributed by atoms with E-state index in [1.54, 1.807) is 0 Å². The number of aromatic nitrogens is 2. The zero-order valence-corrected chi connectivity index (χ0v) is 29.7. The van der Waals surface area contributed by atoms with Crippen LogP contribution in [0.2, 0.25) is 0 Å². The first-order valence-electron chi connectivity index (χ1n) is 18.6. The third-order valence-electron chi connectivity index (χ3n) is 11.8. The van der Waals surface area contributed by atoms with Crippen molar-refractivity contribution in [3.8, 4) is 5.69 Å². The summed E-state index contributed by atoms with van der Waals surface area (Å²) < 4.78 is 10.4. The average Bonchev–Trinajstić information content (AvgIpc) is 4.00. The average molecular weight is 673 g/mol. The molecule has 4 aliphatic rings. The van der Waals surface area contributed by atoms with Gasteiger partial charge < -0.3 is 4.57 Å². The minimum atomic E-state index is 0.396. The van der Waals surface area contributed by atoms with Crippen LogP contribution in [0.3, 0.4) is 0 Å². The number of likely N-dealkylation sites (N-methyl/N-ethyl adjacent to an activating group) is 1. The summed E-state index contributed by atoms with van der Waals surface area (Å²) in [6, 6.07) is 35.2. The molecule has 0 fully saturated rings. The fraction of sp³-hybridized carbons (Fsp3) is 0.191. The molecule has 5 aromatic carbocycles. The zero-order valence-electron chi connectivity index (χ0n) is 29.7. The van der Waals surface area contributed by atoms with E-state index in [4.69, 9.17) is 9.66 Å². The molecule has 0 amide bonds. The highest BCUT2D eigenvalue weighted by molar-refractivity contribution is 6.34. The van der Waals surface area contributed by atoms with Gasteiger partial charge >= 0.3 is 5.96 Å². The Morgan fingerprint density at radius 3 is 2.29 bits per heavy atom. The van der Waals surface area contributed by atoms with Crippen LogP contribution in [-0.4, -0.2) is 40.1 Å². The van der Waals surface area contributed by atoms with Crippen molar-refractivity contribution < 1.29 is 0 Å². The first-order chi connectivity index (χ1) is 25.5. The van der Waals surface area contributed by atoms with E-state index in [0.717, 1.165) is 53.2 Å². The van der Waals surface area contributed by atoms with Crippen molar-refractivity contribution in [3.05, 3.63) is 154 Å². The van der Waals surface area contributed by atoms with Crippen molar-refractivity contribution in [2.75, 3.05) is 20.1 Å². The molecule has 52 heavy (non-hydrogen) atoms. The molecule has 2 aromatic heterocycles. The third-order valence-corrected chi connectivity index (χ3v) is 11.8. The summed E-state index contributed by atoms with van der Waals surface area (Å²) in [5.41, 5.74) is 16.2. The van der Waals surface area contributed by atoms with E-state index in [0.29, 0.717) is 17.8 Å². The predicted molar refractivity (Wildman–Crippen MR) is 214 cm³/mol. The van der Waals surface area contributed by atoms with Crippen LogP contribution >= 0.6 is 0 Å². The Morgan fingerprint density at radius 1 is 0.769 bits per heavy atom. The van der Waals surface area contributed by atoms with Gasteiger partial charge in [0.1, 0.15) is 11.0 Å². The van der Waals surface area contributed by atoms with Gasteiger partial charge in [0, 0.05) is 57.3 Å². The zero-order chi connectivity index (χ0) is 34.7. The van der Waals surface area contributed by atoms with Crippen LogP contribution in [0.1, 0.15) is 37.1 Å². The number of hydrogen-bond donors (Lipinski definition) is 0. The molecule has 7 aromatic rings. The van der Waals surface area contributed by atoms with Crippen LogP contribution in [0, 0.1) is 11.8 Å². The summed E-state index contributed by atoms with van der Waals surface area (Å²) >= 11 is 0. The summed E-state index contributed by atoms with van der Waals surface area (Å²) in [6.45, 7) is 6.68. The molecule has 0 N–H and O–H groups in total. The lowest BCUT2D eigenvalue weighted by molar-refractivity contribution is 0.428. The van der Waals surface area contributed by atoms with E-state index >= 15 is 0 Å². The second kappa shape index (κ2) is 11.0. The molecule has 2 aliphatic carbocycles. The Kier molecular flexibility index (Phi) is 6.30. The van der Waals surface area contributed by atoms with Crippen LogP contribution in [0.4, 0.5) is 0 Å². The first-order valence-corrected chi connectivity index (χ1v) is 18.6. The topological polar surface area (TPSA) is 39.6 Å². The molecular weight excluding hydrogens is 635 g/mol. The highest BCUT2D eigenvalue weighted by atomic mass is 15.2. The van der Waals surface area contributed by atoms with Gasteiger partial charge in [-0.05, 0) is 96.1 Å². The van der Waals surface area contributed by atoms with Crippen LogP contribution in [0.15, 0.2) is 131 Å². The minimum absolute atomic E-state index is 0.396. The van der Waals surface area contributed by atoms with E-state index in [9.17, 15) is 0 Å². The molecule has 0 saturated heterocycles. The quantitative estimate of drug-likeness (QED) is 0.138. The van der Waals surface area contributed by atoms with Crippen LogP contribution in [0.25, 0.3) is 60.8 Å². The normalized spacial score (nSPS) is 19.5. The van der Waals surface area contributed by atoms with E-state index < -0.39 is 0 Å². The number of benzene rings is 5. The number of fused-ring (bicyclic) bond motifs is 11. The maximum Gasteiger partial charge on any atom is 0.493 e. The summed E-state index contributed by atoms with van der Waals surface area (Å²) in [7, 11) is 2.22. The minimum Gasteiger partial charge on any atom is -0.310 e. The van der Waals surface area contributed by atoms with Gasteiger partial charge in [-0.3, -0.25) is 4.90 Å². The Balaban J connectivity index is 1.35. The molecular formula is C47H38N5+. The fourth-order valence-corrected chi connectivity index (χ4v) is 9.46. The van der Waals surface area contributed by atoms with Gasteiger partial charge in [0.25, 0.3) is 0 Å². The second-order valence-corrected chi connectivity index (χ2v) is 15.1. The molecule has 0 spiro atoms. The summed E-state index contributed by atoms with van der Waals surface area (Å²) in [5, 5.41) is 8.15. The van der Waals surface area contributed by atoms with Crippen molar-refractivity contribution in [2.24, 2.45) is 16.8 Å². The smallest absolute Gasteiger partial charge is 0.310 e. The fourth-order valence-electron chi connectivity index (χ4n) is 9.46. The van der Waals surface area contributed by atoms with E-state index in [1.165, 1.54) is 66.1 Å². The highest BCUT2D eigenvalue weighted by Crippen LogP contribution is 2.48. The molecule has 4 heterocycles. The van der Waals surface area contributed by atoms with Crippen molar-refractivity contribution >= 4 is 61.1 Å². The molecule has 0 saturated carbocycles. The van der Waals surface area contributed by atoms with Crippen molar-refractivity contribution in [1.82, 2.24) is 18.7 Å². The molecule has 2 aliphatic heterocycles. The third kappa shape index (κ3) is 4.10. The molecule has 5 heteroatoms. The Morgan fingerprint density at radius 2 is 1.52 bits per heavy atom. The molecule has 0 radical (unpaired) electrons. The number of rotatable bonds is 3. The molecule has 2 atom stereocenters. The van der Waals surface area contributed by atoms with E-state index in [1.807, 2.05) is 0 Å². The van der Waals surface area contributed by atoms with Crippen molar-refractivity contribution in [2.45, 2.75) is 26.7 Å². The lowest BCUT2D eigenvalue weighted by Crippen LogP contribution is -2.28. The van der Waals surface area contributed by atoms with Gasteiger partial charge in [0.2, 0.25) is 5.36 Å². The number of hydrogen-bond acceptors (Lipinski definition) is 2. The lowest BCUT2D eigenvalue weighted by atomic mass is 9.83. The maximum atomic E-state index is 5.43. The largest absolute Gasteiger partial charge is 0.493 e. The van der Waals surface area contributed by atoms with Gasteiger partial charge in [0.05, 0.1) is 5.52 Å².